The van der Waals surface area contributed by atoms with Crippen LogP contribution < -0.4 is 5.32 Å². The lowest BCUT2D eigenvalue weighted by atomic mass is 9.68. The molecule has 24 heavy (non-hydrogen) atoms. The lowest BCUT2D eigenvalue weighted by molar-refractivity contribution is -0.122. The Bertz CT molecular complexity index is 753. The highest BCUT2D eigenvalue weighted by Crippen LogP contribution is 2.41. The van der Waals surface area contributed by atoms with Crippen molar-refractivity contribution in [1.29, 1.82) is 0 Å². The Hall–Kier alpha value is -1.87. The van der Waals surface area contributed by atoms with E-state index in [-0.39, 0.29) is 11.7 Å². The molecule has 2 aromatic carbocycles. The first-order valence-electron chi connectivity index (χ1n) is 8.35. The molecule has 0 heterocycles. The second-order valence-corrected chi connectivity index (χ2v) is 7.00. The topological polar surface area (TPSA) is 29.1 Å². The molecule has 0 saturated heterocycles. The fourth-order valence-corrected chi connectivity index (χ4v) is 3.75. The Morgan fingerprint density at radius 2 is 1.88 bits per heavy atom. The zero-order valence-corrected chi connectivity index (χ0v) is 14.5. The number of carbonyl (C=O) groups excluding carboxylic acids is 1. The Morgan fingerprint density at radius 3 is 2.58 bits per heavy atom. The predicted molar refractivity (Wildman–Crippen MR) is 96.0 cm³/mol. The first kappa shape index (κ1) is 17.0. The fourth-order valence-electron chi connectivity index (χ4n) is 3.56. The minimum atomic E-state index is -0.595. The molecular formula is C20H21ClFNO. The highest BCUT2D eigenvalue weighted by Gasteiger charge is 2.41. The summed E-state index contributed by atoms with van der Waals surface area (Å²) < 4.78 is 13.5. The summed E-state index contributed by atoms with van der Waals surface area (Å²) in [6, 6.07) is 12.0. The third-order valence-electron chi connectivity index (χ3n) is 4.97. The highest BCUT2D eigenvalue weighted by atomic mass is 35.5. The molecule has 1 amide bonds. The van der Waals surface area contributed by atoms with Crippen LogP contribution in [0, 0.1) is 12.7 Å². The summed E-state index contributed by atoms with van der Waals surface area (Å²) in [6.07, 6.45) is 4.71. The standard InChI is InChI=1S/C20H21ClFNO/c1-14-8-9-17(22)13-18(14)23-19(24)20(10-3-2-4-11-20)15-6-5-7-16(21)12-15/h5-9,12-13H,2-4,10-11H2,1H3,(H,23,24). The smallest absolute Gasteiger partial charge is 0.235 e. The summed E-state index contributed by atoms with van der Waals surface area (Å²) in [4.78, 5) is 13.2. The fraction of sp³-hybridized carbons (Fsp3) is 0.350. The molecule has 1 aliphatic rings. The van der Waals surface area contributed by atoms with Crippen LogP contribution in [0.3, 0.4) is 0 Å². The molecule has 0 aromatic heterocycles. The summed E-state index contributed by atoms with van der Waals surface area (Å²) in [5, 5.41) is 3.59. The SMILES string of the molecule is Cc1ccc(F)cc1NC(=O)C1(c2cccc(Cl)c2)CCCCC1. The van der Waals surface area contributed by atoms with Crippen molar-refractivity contribution < 1.29 is 9.18 Å². The van der Waals surface area contributed by atoms with Gasteiger partial charge in [0, 0.05) is 10.7 Å². The van der Waals surface area contributed by atoms with Crippen molar-refractivity contribution in [1.82, 2.24) is 0 Å². The normalized spacial score (nSPS) is 16.6. The van der Waals surface area contributed by atoms with Gasteiger partial charge in [-0.15, -0.1) is 0 Å². The highest BCUT2D eigenvalue weighted by molar-refractivity contribution is 6.30. The average Bonchev–Trinajstić information content (AvgIpc) is 2.58. The Balaban J connectivity index is 1.96. The van der Waals surface area contributed by atoms with Crippen LogP contribution in [0.15, 0.2) is 42.5 Å². The van der Waals surface area contributed by atoms with Crippen LogP contribution in [0.4, 0.5) is 10.1 Å². The van der Waals surface area contributed by atoms with Crippen molar-refractivity contribution in [3.05, 3.63) is 64.4 Å². The average molecular weight is 346 g/mol. The van der Waals surface area contributed by atoms with Gasteiger partial charge in [-0.05, 0) is 55.2 Å². The first-order valence-corrected chi connectivity index (χ1v) is 8.73. The van der Waals surface area contributed by atoms with E-state index >= 15 is 0 Å². The number of hydrogen-bond acceptors (Lipinski definition) is 1. The van der Waals surface area contributed by atoms with Gasteiger partial charge in [-0.1, -0.05) is 49.1 Å². The minimum absolute atomic E-state index is 0.0711. The third-order valence-corrected chi connectivity index (χ3v) is 5.20. The second-order valence-electron chi connectivity index (χ2n) is 6.57. The molecule has 1 fully saturated rings. The van der Waals surface area contributed by atoms with Gasteiger partial charge in [0.2, 0.25) is 5.91 Å². The molecular weight excluding hydrogens is 325 g/mol. The van der Waals surface area contributed by atoms with Crippen LogP contribution in [-0.2, 0) is 10.2 Å². The van der Waals surface area contributed by atoms with E-state index in [0.717, 1.165) is 43.2 Å². The number of hydrogen-bond donors (Lipinski definition) is 1. The molecule has 0 aliphatic heterocycles. The van der Waals surface area contributed by atoms with E-state index in [1.54, 1.807) is 6.07 Å². The van der Waals surface area contributed by atoms with E-state index in [4.69, 9.17) is 11.6 Å². The van der Waals surface area contributed by atoms with Gasteiger partial charge < -0.3 is 5.32 Å². The van der Waals surface area contributed by atoms with Crippen LogP contribution >= 0.6 is 11.6 Å². The zero-order chi connectivity index (χ0) is 17.2. The number of aryl methyl sites for hydroxylation is 1. The van der Waals surface area contributed by atoms with Gasteiger partial charge in [-0.2, -0.15) is 0 Å². The summed E-state index contributed by atoms with van der Waals surface area (Å²) >= 11 is 6.16. The molecule has 2 nitrogen and oxygen atoms in total. The number of rotatable bonds is 3. The van der Waals surface area contributed by atoms with Crippen molar-refractivity contribution in [2.75, 3.05) is 5.32 Å². The zero-order valence-electron chi connectivity index (χ0n) is 13.7. The monoisotopic (exact) mass is 345 g/mol. The molecule has 2 aromatic rings. The van der Waals surface area contributed by atoms with Crippen molar-refractivity contribution in [2.24, 2.45) is 0 Å². The number of benzene rings is 2. The van der Waals surface area contributed by atoms with Gasteiger partial charge in [0.1, 0.15) is 5.82 Å². The van der Waals surface area contributed by atoms with Crippen LogP contribution in [0.2, 0.25) is 5.02 Å². The summed E-state index contributed by atoms with van der Waals surface area (Å²) in [6.45, 7) is 1.86. The molecule has 126 valence electrons. The van der Waals surface area contributed by atoms with Gasteiger partial charge in [0.05, 0.1) is 5.41 Å². The van der Waals surface area contributed by atoms with E-state index in [1.165, 1.54) is 12.1 Å². The number of nitrogens with one attached hydrogen (secondary N) is 1. The van der Waals surface area contributed by atoms with Gasteiger partial charge in [0.15, 0.2) is 0 Å². The van der Waals surface area contributed by atoms with E-state index < -0.39 is 5.41 Å². The van der Waals surface area contributed by atoms with E-state index in [9.17, 15) is 9.18 Å². The molecule has 0 spiro atoms. The van der Waals surface area contributed by atoms with Crippen molar-refractivity contribution >= 4 is 23.2 Å². The second kappa shape index (κ2) is 6.94. The largest absolute Gasteiger partial charge is 0.325 e. The Kier molecular flexibility index (Phi) is 4.91. The molecule has 0 unspecified atom stereocenters. The maximum absolute atomic E-state index is 13.5. The molecule has 0 radical (unpaired) electrons. The van der Waals surface area contributed by atoms with Crippen molar-refractivity contribution in [3.63, 3.8) is 0 Å². The molecule has 1 aliphatic carbocycles. The number of carbonyl (C=O) groups is 1. The molecule has 1 N–H and O–H groups in total. The Labute approximate surface area is 147 Å². The summed E-state index contributed by atoms with van der Waals surface area (Å²) in [5.41, 5.74) is 1.73. The van der Waals surface area contributed by atoms with Gasteiger partial charge in [0.25, 0.3) is 0 Å². The number of halogens is 2. The maximum atomic E-state index is 13.5. The lowest BCUT2D eigenvalue weighted by Crippen LogP contribution is -2.42. The van der Waals surface area contributed by atoms with Gasteiger partial charge in [-0.25, -0.2) is 4.39 Å². The van der Waals surface area contributed by atoms with Crippen LogP contribution in [-0.4, -0.2) is 5.91 Å². The first-order chi connectivity index (χ1) is 11.5. The number of anilines is 1. The van der Waals surface area contributed by atoms with Crippen molar-refractivity contribution in [3.8, 4) is 0 Å². The van der Waals surface area contributed by atoms with E-state index in [0.29, 0.717) is 10.7 Å². The van der Waals surface area contributed by atoms with Crippen LogP contribution in [0.5, 0.6) is 0 Å². The third kappa shape index (κ3) is 3.32. The van der Waals surface area contributed by atoms with Crippen LogP contribution in [0.25, 0.3) is 0 Å². The molecule has 3 rings (SSSR count). The van der Waals surface area contributed by atoms with Gasteiger partial charge in [-0.3, -0.25) is 4.79 Å². The molecule has 0 atom stereocenters. The quantitative estimate of drug-likeness (QED) is 0.767. The number of amides is 1. The van der Waals surface area contributed by atoms with E-state index in [2.05, 4.69) is 5.32 Å². The molecule has 1 saturated carbocycles. The maximum Gasteiger partial charge on any atom is 0.235 e. The predicted octanol–water partition coefficient (Wildman–Crippen LogP) is 5.63. The lowest BCUT2D eigenvalue weighted by Gasteiger charge is -2.36. The molecule has 0 bridgehead atoms. The Morgan fingerprint density at radius 1 is 1.12 bits per heavy atom. The van der Waals surface area contributed by atoms with Crippen molar-refractivity contribution in [2.45, 2.75) is 44.4 Å². The van der Waals surface area contributed by atoms with E-state index in [1.807, 2.05) is 31.2 Å². The molecule has 4 heteroatoms. The van der Waals surface area contributed by atoms with Gasteiger partial charge >= 0.3 is 0 Å². The summed E-state index contributed by atoms with van der Waals surface area (Å²) in [7, 11) is 0. The summed E-state index contributed by atoms with van der Waals surface area (Å²) in [5.74, 6) is -0.422. The minimum Gasteiger partial charge on any atom is -0.325 e. The van der Waals surface area contributed by atoms with Crippen LogP contribution in [0.1, 0.15) is 43.2 Å².